The Morgan fingerprint density at radius 3 is 2.71 bits per heavy atom. The first-order chi connectivity index (χ1) is 11.7. The van der Waals surface area contributed by atoms with Gasteiger partial charge < -0.3 is 14.8 Å². The van der Waals surface area contributed by atoms with Crippen LogP contribution >= 0.6 is 0 Å². The maximum atomic E-state index is 12.2. The van der Waals surface area contributed by atoms with Gasteiger partial charge in [-0.05, 0) is 18.2 Å². The number of amides is 1. The molecule has 0 saturated carbocycles. The number of aromatic nitrogens is 2. The Morgan fingerprint density at radius 2 is 1.92 bits per heavy atom. The fraction of sp³-hybridized carbons (Fsp3) is 0.222. The zero-order valence-corrected chi connectivity index (χ0v) is 13.7. The molecule has 0 aliphatic rings. The molecule has 0 bridgehead atoms. The van der Waals surface area contributed by atoms with Gasteiger partial charge in [-0.3, -0.25) is 9.48 Å². The highest BCUT2D eigenvalue weighted by Gasteiger charge is 2.09. The van der Waals surface area contributed by atoms with E-state index in [2.05, 4.69) is 10.4 Å². The summed E-state index contributed by atoms with van der Waals surface area (Å²) in [5.41, 5.74) is 1.69. The summed E-state index contributed by atoms with van der Waals surface area (Å²) in [4.78, 5) is 12.2. The Bertz CT molecular complexity index is 858. The number of carbonyl (C=O) groups is 1. The van der Waals surface area contributed by atoms with Crippen LogP contribution in [0.1, 0.15) is 6.42 Å². The minimum Gasteiger partial charge on any atom is -0.493 e. The number of aryl methyl sites for hydroxylation is 1. The van der Waals surface area contributed by atoms with E-state index in [0.717, 1.165) is 10.9 Å². The van der Waals surface area contributed by atoms with E-state index in [4.69, 9.17) is 9.47 Å². The number of carbonyl (C=O) groups excluding carboxylic acids is 1. The van der Waals surface area contributed by atoms with Crippen molar-refractivity contribution in [1.82, 2.24) is 9.78 Å². The molecule has 6 heteroatoms. The lowest BCUT2D eigenvalue weighted by atomic mass is 10.2. The van der Waals surface area contributed by atoms with Gasteiger partial charge in [-0.1, -0.05) is 18.2 Å². The minimum atomic E-state index is -0.0817. The molecule has 3 aromatic rings. The third-order valence-corrected chi connectivity index (χ3v) is 3.77. The molecule has 0 radical (unpaired) electrons. The van der Waals surface area contributed by atoms with Gasteiger partial charge in [-0.25, -0.2) is 0 Å². The number of methoxy groups -OCH3 is 2. The summed E-state index contributed by atoms with van der Waals surface area (Å²) in [6.45, 7) is 0.520. The van der Waals surface area contributed by atoms with Crippen LogP contribution in [0, 0.1) is 0 Å². The van der Waals surface area contributed by atoms with E-state index in [-0.39, 0.29) is 5.91 Å². The molecule has 24 heavy (non-hydrogen) atoms. The van der Waals surface area contributed by atoms with Gasteiger partial charge in [0.25, 0.3) is 0 Å². The highest BCUT2D eigenvalue weighted by atomic mass is 16.5. The highest BCUT2D eigenvalue weighted by molar-refractivity contribution is 5.91. The molecule has 0 aliphatic carbocycles. The predicted molar refractivity (Wildman–Crippen MR) is 92.5 cm³/mol. The van der Waals surface area contributed by atoms with Crippen LogP contribution in [-0.4, -0.2) is 29.9 Å². The van der Waals surface area contributed by atoms with Crippen molar-refractivity contribution in [3.8, 4) is 11.5 Å². The van der Waals surface area contributed by atoms with E-state index in [1.54, 1.807) is 32.4 Å². The van der Waals surface area contributed by atoms with Crippen LogP contribution in [0.25, 0.3) is 10.9 Å². The Labute approximate surface area is 140 Å². The van der Waals surface area contributed by atoms with Gasteiger partial charge in [0.1, 0.15) is 0 Å². The Kier molecular flexibility index (Phi) is 4.65. The van der Waals surface area contributed by atoms with Crippen molar-refractivity contribution in [3.05, 3.63) is 48.7 Å². The van der Waals surface area contributed by atoms with Crippen LogP contribution in [0.3, 0.4) is 0 Å². The van der Waals surface area contributed by atoms with E-state index in [1.807, 2.05) is 35.1 Å². The average Bonchev–Trinajstić information content (AvgIpc) is 3.03. The third kappa shape index (κ3) is 3.32. The Morgan fingerprint density at radius 1 is 1.12 bits per heavy atom. The number of fused-ring (bicyclic) bond motifs is 1. The Balaban J connectivity index is 1.63. The van der Waals surface area contributed by atoms with Crippen molar-refractivity contribution in [1.29, 1.82) is 0 Å². The molecule has 0 spiro atoms. The number of ether oxygens (including phenoxy) is 2. The number of hydrogen-bond acceptors (Lipinski definition) is 4. The van der Waals surface area contributed by atoms with Gasteiger partial charge in [-0.2, -0.15) is 5.10 Å². The fourth-order valence-corrected chi connectivity index (χ4v) is 2.55. The summed E-state index contributed by atoms with van der Waals surface area (Å²) in [6.07, 6.45) is 2.14. The molecule has 2 aromatic carbocycles. The molecular formula is C18H19N3O3. The predicted octanol–water partition coefficient (Wildman–Crippen LogP) is 3.08. The van der Waals surface area contributed by atoms with Crippen molar-refractivity contribution >= 4 is 22.5 Å². The summed E-state index contributed by atoms with van der Waals surface area (Å²) in [6, 6.07) is 13.2. The first-order valence-electron chi connectivity index (χ1n) is 7.63. The molecule has 124 valence electrons. The molecule has 0 aliphatic heterocycles. The lowest BCUT2D eigenvalue weighted by molar-refractivity contribution is -0.116. The zero-order chi connectivity index (χ0) is 16.9. The summed E-state index contributed by atoms with van der Waals surface area (Å²) in [5.74, 6) is 1.12. The summed E-state index contributed by atoms with van der Waals surface area (Å²) in [7, 11) is 3.14. The second kappa shape index (κ2) is 7.04. The number of anilines is 1. The quantitative estimate of drug-likeness (QED) is 0.756. The number of para-hydroxylation sites is 1. The van der Waals surface area contributed by atoms with Crippen LogP contribution in [-0.2, 0) is 11.3 Å². The normalized spacial score (nSPS) is 10.6. The first-order valence-corrected chi connectivity index (χ1v) is 7.63. The van der Waals surface area contributed by atoms with Crippen LogP contribution in [0.5, 0.6) is 11.5 Å². The van der Waals surface area contributed by atoms with E-state index < -0.39 is 0 Å². The molecule has 0 unspecified atom stereocenters. The second-order valence-corrected chi connectivity index (χ2v) is 5.29. The molecule has 0 fully saturated rings. The molecule has 0 saturated heterocycles. The van der Waals surface area contributed by atoms with Gasteiger partial charge in [0.2, 0.25) is 5.91 Å². The van der Waals surface area contributed by atoms with Crippen molar-refractivity contribution in [2.45, 2.75) is 13.0 Å². The van der Waals surface area contributed by atoms with Gasteiger partial charge in [0.15, 0.2) is 11.5 Å². The van der Waals surface area contributed by atoms with Crippen LogP contribution in [0.4, 0.5) is 5.69 Å². The molecule has 0 atom stereocenters. The lowest BCUT2D eigenvalue weighted by Gasteiger charge is -2.10. The summed E-state index contributed by atoms with van der Waals surface area (Å²) >= 11 is 0. The number of nitrogens with zero attached hydrogens (tertiary/aromatic N) is 2. The molecule has 1 N–H and O–H groups in total. The van der Waals surface area contributed by atoms with Gasteiger partial charge in [0, 0.05) is 23.6 Å². The minimum absolute atomic E-state index is 0.0817. The largest absolute Gasteiger partial charge is 0.493 e. The second-order valence-electron chi connectivity index (χ2n) is 5.29. The van der Waals surface area contributed by atoms with Crippen molar-refractivity contribution in [3.63, 3.8) is 0 Å². The van der Waals surface area contributed by atoms with Crippen molar-refractivity contribution in [2.75, 3.05) is 19.5 Å². The molecule has 3 rings (SSSR count). The average molecular weight is 325 g/mol. The van der Waals surface area contributed by atoms with Crippen molar-refractivity contribution in [2.24, 2.45) is 0 Å². The maximum absolute atomic E-state index is 12.2. The van der Waals surface area contributed by atoms with Gasteiger partial charge in [-0.15, -0.1) is 0 Å². The van der Waals surface area contributed by atoms with Crippen LogP contribution in [0.2, 0.25) is 0 Å². The molecular weight excluding hydrogens is 306 g/mol. The van der Waals surface area contributed by atoms with Gasteiger partial charge >= 0.3 is 0 Å². The monoisotopic (exact) mass is 325 g/mol. The van der Waals surface area contributed by atoms with E-state index in [1.165, 1.54) is 0 Å². The molecule has 1 amide bonds. The SMILES string of the molecule is COc1ccc(NC(=O)CCn2ncc3ccccc32)cc1OC. The molecule has 1 heterocycles. The summed E-state index contributed by atoms with van der Waals surface area (Å²) in [5, 5.41) is 8.25. The third-order valence-electron chi connectivity index (χ3n) is 3.77. The first kappa shape index (κ1) is 15.9. The fourth-order valence-electron chi connectivity index (χ4n) is 2.55. The highest BCUT2D eigenvalue weighted by Crippen LogP contribution is 2.29. The van der Waals surface area contributed by atoms with Gasteiger partial charge in [0.05, 0.1) is 32.5 Å². The van der Waals surface area contributed by atoms with E-state index in [9.17, 15) is 4.79 Å². The van der Waals surface area contributed by atoms with E-state index in [0.29, 0.717) is 30.2 Å². The number of hydrogen-bond donors (Lipinski definition) is 1. The van der Waals surface area contributed by atoms with E-state index >= 15 is 0 Å². The van der Waals surface area contributed by atoms with Crippen LogP contribution in [0.15, 0.2) is 48.7 Å². The zero-order valence-electron chi connectivity index (χ0n) is 13.7. The van der Waals surface area contributed by atoms with Crippen molar-refractivity contribution < 1.29 is 14.3 Å². The topological polar surface area (TPSA) is 65.4 Å². The number of benzene rings is 2. The number of nitrogens with one attached hydrogen (secondary N) is 1. The maximum Gasteiger partial charge on any atom is 0.226 e. The molecule has 1 aromatic heterocycles. The van der Waals surface area contributed by atoms with Crippen LogP contribution < -0.4 is 14.8 Å². The smallest absolute Gasteiger partial charge is 0.226 e. The lowest BCUT2D eigenvalue weighted by Crippen LogP contribution is -2.15. The standard InChI is InChI=1S/C18H19N3O3/c1-23-16-8-7-14(11-17(16)24-2)20-18(22)9-10-21-15-6-4-3-5-13(15)12-19-21/h3-8,11-12H,9-10H2,1-2H3,(H,20,22). The summed E-state index contributed by atoms with van der Waals surface area (Å²) < 4.78 is 12.3. The molecule has 6 nitrogen and oxygen atoms in total. The Hall–Kier alpha value is -3.02. The number of rotatable bonds is 6.